The normalized spacial score (nSPS) is 20.0. The summed E-state index contributed by atoms with van der Waals surface area (Å²) in [5.41, 5.74) is 9.16. The van der Waals surface area contributed by atoms with Crippen LogP contribution in [0, 0.1) is 19.8 Å². The fraction of sp³-hybridized carbons (Fsp3) is 0.474. The van der Waals surface area contributed by atoms with Gasteiger partial charge in [-0.05, 0) is 56.9 Å². The zero-order chi connectivity index (χ0) is 18.1. The molecule has 142 valence electrons. The summed E-state index contributed by atoms with van der Waals surface area (Å²) in [6, 6.07) is 7.66. The number of hydrogen-bond donors (Lipinski definition) is 1. The average molecular weight is 397 g/mol. The van der Waals surface area contributed by atoms with E-state index in [2.05, 4.69) is 12.0 Å². The third kappa shape index (κ3) is 3.90. The SMILES string of the molecule is Cc1nn(-c2ccc(C(=O)N3CCC(C)CC3CN)cc2)c(C)c1Cl.Cl. The Morgan fingerprint density at radius 3 is 2.50 bits per heavy atom. The zero-order valence-electron chi connectivity index (χ0n) is 15.4. The van der Waals surface area contributed by atoms with Gasteiger partial charge in [-0.1, -0.05) is 18.5 Å². The first-order valence-electron chi connectivity index (χ1n) is 8.75. The minimum Gasteiger partial charge on any atom is -0.334 e. The zero-order valence-corrected chi connectivity index (χ0v) is 17.0. The van der Waals surface area contributed by atoms with Crippen molar-refractivity contribution in [3.05, 3.63) is 46.2 Å². The number of piperidine rings is 1. The minimum absolute atomic E-state index is 0. The Bertz CT molecular complexity index is 773. The topological polar surface area (TPSA) is 64.2 Å². The van der Waals surface area contributed by atoms with Crippen molar-refractivity contribution in [1.82, 2.24) is 14.7 Å². The molecule has 26 heavy (non-hydrogen) atoms. The fourth-order valence-electron chi connectivity index (χ4n) is 3.53. The Balaban J connectivity index is 0.00000243. The van der Waals surface area contributed by atoms with Crippen molar-refractivity contribution in [1.29, 1.82) is 0 Å². The van der Waals surface area contributed by atoms with Crippen LogP contribution in [0.25, 0.3) is 5.69 Å². The van der Waals surface area contributed by atoms with Crippen LogP contribution in [0.2, 0.25) is 5.02 Å². The number of carbonyl (C=O) groups is 1. The molecule has 2 unspecified atom stereocenters. The third-order valence-electron chi connectivity index (χ3n) is 5.07. The van der Waals surface area contributed by atoms with E-state index in [4.69, 9.17) is 17.3 Å². The number of benzene rings is 1. The molecule has 2 aromatic rings. The lowest BCUT2D eigenvalue weighted by atomic mass is 9.92. The first-order chi connectivity index (χ1) is 11.9. The first kappa shape index (κ1) is 20.7. The highest BCUT2D eigenvalue weighted by molar-refractivity contribution is 6.31. The number of aryl methyl sites for hydroxylation is 1. The monoisotopic (exact) mass is 396 g/mol. The third-order valence-corrected chi connectivity index (χ3v) is 5.62. The molecular weight excluding hydrogens is 371 g/mol. The predicted molar refractivity (Wildman–Crippen MR) is 108 cm³/mol. The lowest BCUT2D eigenvalue weighted by Gasteiger charge is -2.38. The quantitative estimate of drug-likeness (QED) is 0.858. The van der Waals surface area contributed by atoms with Crippen LogP contribution in [0.3, 0.4) is 0 Å². The van der Waals surface area contributed by atoms with Gasteiger partial charge in [-0.15, -0.1) is 12.4 Å². The maximum Gasteiger partial charge on any atom is 0.254 e. The van der Waals surface area contributed by atoms with Crippen molar-refractivity contribution in [2.75, 3.05) is 13.1 Å². The Morgan fingerprint density at radius 2 is 1.96 bits per heavy atom. The lowest BCUT2D eigenvalue weighted by Crippen LogP contribution is -2.49. The van der Waals surface area contributed by atoms with E-state index in [9.17, 15) is 4.79 Å². The molecule has 0 bridgehead atoms. The Kier molecular flexibility index (Phi) is 6.72. The van der Waals surface area contributed by atoms with Gasteiger partial charge >= 0.3 is 0 Å². The highest BCUT2D eigenvalue weighted by Crippen LogP contribution is 2.25. The fourth-order valence-corrected chi connectivity index (χ4v) is 3.65. The molecule has 0 radical (unpaired) electrons. The molecular formula is C19H26Cl2N4O. The highest BCUT2D eigenvalue weighted by Gasteiger charge is 2.29. The van der Waals surface area contributed by atoms with Gasteiger partial charge in [0.25, 0.3) is 5.91 Å². The highest BCUT2D eigenvalue weighted by atomic mass is 35.5. The van der Waals surface area contributed by atoms with Gasteiger partial charge < -0.3 is 10.6 Å². The van der Waals surface area contributed by atoms with Gasteiger partial charge in [-0.2, -0.15) is 5.10 Å². The number of aromatic nitrogens is 2. The second kappa shape index (κ2) is 8.42. The van der Waals surface area contributed by atoms with Crippen molar-refractivity contribution >= 4 is 29.9 Å². The van der Waals surface area contributed by atoms with Crippen LogP contribution in [0.15, 0.2) is 24.3 Å². The molecule has 1 aliphatic heterocycles. The van der Waals surface area contributed by atoms with Gasteiger partial charge in [0, 0.05) is 24.7 Å². The summed E-state index contributed by atoms with van der Waals surface area (Å²) in [7, 11) is 0. The molecule has 1 aromatic heterocycles. The molecule has 1 saturated heterocycles. The number of likely N-dealkylation sites (tertiary alicyclic amines) is 1. The van der Waals surface area contributed by atoms with E-state index in [1.807, 2.05) is 43.0 Å². The first-order valence-corrected chi connectivity index (χ1v) is 9.13. The molecule has 2 atom stereocenters. The van der Waals surface area contributed by atoms with E-state index in [0.717, 1.165) is 36.5 Å². The molecule has 2 N–H and O–H groups in total. The summed E-state index contributed by atoms with van der Waals surface area (Å²) in [6.07, 6.45) is 2.01. The average Bonchev–Trinajstić information content (AvgIpc) is 2.88. The molecule has 2 heterocycles. The molecule has 1 fully saturated rings. The maximum atomic E-state index is 12.9. The number of rotatable bonds is 3. The number of nitrogens with two attached hydrogens (primary N) is 1. The van der Waals surface area contributed by atoms with Crippen LogP contribution in [-0.4, -0.2) is 39.7 Å². The minimum atomic E-state index is 0. The van der Waals surface area contributed by atoms with Gasteiger partial charge in [0.05, 0.1) is 22.1 Å². The second-order valence-corrected chi connectivity index (χ2v) is 7.34. The molecule has 1 aromatic carbocycles. The van der Waals surface area contributed by atoms with E-state index in [1.54, 1.807) is 4.68 Å². The molecule has 1 amide bonds. The van der Waals surface area contributed by atoms with E-state index in [1.165, 1.54) is 0 Å². The standard InChI is InChI=1S/C19H25ClN4O.ClH/c1-12-8-9-23(17(10-12)11-21)19(25)15-4-6-16(7-5-15)24-14(3)18(20)13(2)22-24;/h4-7,12,17H,8-11,21H2,1-3H3;1H. The molecule has 0 spiro atoms. The van der Waals surface area contributed by atoms with Crippen molar-refractivity contribution in [2.24, 2.45) is 11.7 Å². The number of hydrogen-bond acceptors (Lipinski definition) is 3. The Labute approximate surface area is 165 Å². The Hall–Kier alpha value is -1.56. The summed E-state index contributed by atoms with van der Waals surface area (Å²) >= 11 is 6.22. The largest absolute Gasteiger partial charge is 0.334 e. The summed E-state index contributed by atoms with van der Waals surface area (Å²) < 4.78 is 1.80. The summed E-state index contributed by atoms with van der Waals surface area (Å²) in [5.74, 6) is 0.677. The summed E-state index contributed by atoms with van der Waals surface area (Å²) in [6.45, 7) is 7.32. The van der Waals surface area contributed by atoms with Crippen LogP contribution in [0.1, 0.15) is 41.5 Å². The van der Waals surface area contributed by atoms with Crippen LogP contribution in [-0.2, 0) is 0 Å². The number of carbonyl (C=O) groups excluding carboxylic acids is 1. The molecule has 7 heteroatoms. The van der Waals surface area contributed by atoms with Crippen LogP contribution >= 0.6 is 24.0 Å². The number of amides is 1. The van der Waals surface area contributed by atoms with E-state index in [-0.39, 0.29) is 24.4 Å². The van der Waals surface area contributed by atoms with Gasteiger partial charge in [0.2, 0.25) is 0 Å². The smallest absolute Gasteiger partial charge is 0.254 e. The predicted octanol–water partition coefficient (Wildman–Crippen LogP) is 3.76. The van der Waals surface area contributed by atoms with Crippen molar-refractivity contribution in [2.45, 2.75) is 39.7 Å². The van der Waals surface area contributed by atoms with Gasteiger partial charge in [-0.3, -0.25) is 4.79 Å². The molecule has 5 nitrogen and oxygen atoms in total. The van der Waals surface area contributed by atoms with Crippen LogP contribution in [0.4, 0.5) is 0 Å². The molecule has 1 aliphatic rings. The van der Waals surface area contributed by atoms with Crippen molar-refractivity contribution in [3.63, 3.8) is 0 Å². The van der Waals surface area contributed by atoms with Crippen molar-refractivity contribution < 1.29 is 4.79 Å². The van der Waals surface area contributed by atoms with E-state index >= 15 is 0 Å². The molecule has 3 rings (SSSR count). The maximum absolute atomic E-state index is 12.9. The van der Waals surface area contributed by atoms with Gasteiger partial charge in [-0.25, -0.2) is 4.68 Å². The van der Waals surface area contributed by atoms with E-state index in [0.29, 0.717) is 23.0 Å². The van der Waals surface area contributed by atoms with Gasteiger partial charge in [0.1, 0.15) is 0 Å². The Morgan fingerprint density at radius 1 is 1.31 bits per heavy atom. The molecule has 0 saturated carbocycles. The second-order valence-electron chi connectivity index (χ2n) is 6.96. The van der Waals surface area contributed by atoms with Crippen molar-refractivity contribution in [3.8, 4) is 5.69 Å². The van der Waals surface area contributed by atoms with Gasteiger partial charge in [0.15, 0.2) is 0 Å². The number of halogens is 2. The van der Waals surface area contributed by atoms with Crippen LogP contribution < -0.4 is 5.73 Å². The lowest BCUT2D eigenvalue weighted by molar-refractivity contribution is 0.0573. The summed E-state index contributed by atoms with van der Waals surface area (Å²) in [5, 5.41) is 5.13. The summed E-state index contributed by atoms with van der Waals surface area (Å²) in [4.78, 5) is 14.8. The number of nitrogens with zero attached hydrogens (tertiary/aromatic N) is 3. The van der Waals surface area contributed by atoms with E-state index < -0.39 is 0 Å². The molecule has 0 aliphatic carbocycles. The van der Waals surface area contributed by atoms with Crippen LogP contribution in [0.5, 0.6) is 0 Å².